The Morgan fingerprint density at radius 1 is 1.31 bits per heavy atom. The van der Waals surface area contributed by atoms with Gasteiger partial charge in [-0.3, -0.25) is 4.79 Å². The Kier molecular flexibility index (Phi) is 7.08. The van der Waals surface area contributed by atoms with Crippen molar-refractivity contribution in [2.24, 2.45) is 0 Å². The summed E-state index contributed by atoms with van der Waals surface area (Å²) in [5.74, 6) is -0.121. The standard InChI is InChI=1S/C20H18Cl2N2O2/c1-3-7-26-19-14(10-16(21)11-18(19)22)9-15(12-23)20(25)24-17-6-4-5-13(2)8-17/h4-6,8-11H,3,7H2,1-2H3,(H,24,25)/b15-9+. The monoisotopic (exact) mass is 388 g/mol. The van der Waals surface area contributed by atoms with Crippen molar-refractivity contribution in [3.63, 3.8) is 0 Å². The fourth-order valence-electron chi connectivity index (χ4n) is 2.27. The van der Waals surface area contributed by atoms with Gasteiger partial charge in [0, 0.05) is 16.3 Å². The van der Waals surface area contributed by atoms with E-state index in [1.807, 2.05) is 38.1 Å². The lowest BCUT2D eigenvalue weighted by atomic mass is 10.1. The quantitative estimate of drug-likeness (QED) is 0.514. The van der Waals surface area contributed by atoms with Crippen LogP contribution in [0, 0.1) is 18.3 Å². The third kappa shape index (κ3) is 5.26. The number of carbonyl (C=O) groups excluding carboxylic acids is 1. The van der Waals surface area contributed by atoms with Gasteiger partial charge in [0.1, 0.15) is 17.4 Å². The molecule has 0 saturated heterocycles. The van der Waals surface area contributed by atoms with Gasteiger partial charge in [-0.05, 0) is 49.2 Å². The number of nitrogens with zero attached hydrogens (tertiary/aromatic N) is 1. The number of carbonyl (C=O) groups is 1. The minimum atomic E-state index is -0.518. The first-order chi connectivity index (χ1) is 12.4. The largest absolute Gasteiger partial charge is 0.491 e. The average Bonchev–Trinajstić information content (AvgIpc) is 2.58. The van der Waals surface area contributed by atoms with Gasteiger partial charge in [0.25, 0.3) is 5.91 Å². The summed E-state index contributed by atoms with van der Waals surface area (Å²) in [6.45, 7) is 4.34. The molecule has 0 aliphatic carbocycles. The number of benzene rings is 2. The van der Waals surface area contributed by atoms with Gasteiger partial charge in [0.15, 0.2) is 0 Å². The molecule has 6 heteroatoms. The number of ether oxygens (including phenoxy) is 1. The maximum absolute atomic E-state index is 12.4. The molecule has 2 aromatic carbocycles. The zero-order valence-electron chi connectivity index (χ0n) is 14.5. The van der Waals surface area contributed by atoms with Gasteiger partial charge in [0.05, 0.1) is 11.6 Å². The molecule has 0 saturated carbocycles. The molecule has 0 atom stereocenters. The molecule has 2 rings (SSSR count). The maximum Gasteiger partial charge on any atom is 0.266 e. The molecule has 1 amide bonds. The highest BCUT2D eigenvalue weighted by atomic mass is 35.5. The Labute approximate surface area is 163 Å². The molecule has 0 fully saturated rings. The lowest BCUT2D eigenvalue weighted by molar-refractivity contribution is -0.112. The summed E-state index contributed by atoms with van der Waals surface area (Å²) in [7, 11) is 0. The van der Waals surface area contributed by atoms with Crippen LogP contribution in [-0.4, -0.2) is 12.5 Å². The Bertz CT molecular complexity index is 886. The van der Waals surface area contributed by atoms with E-state index in [-0.39, 0.29) is 5.57 Å². The molecule has 4 nitrogen and oxygen atoms in total. The van der Waals surface area contributed by atoms with Crippen molar-refractivity contribution < 1.29 is 9.53 Å². The molecule has 0 unspecified atom stereocenters. The number of amides is 1. The van der Waals surface area contributed by atoms with Crippen LogP contribution in [-0.2, 0) is 4.79 Å². The van der Waals surface area contributed by atoms with Crippen LogP contribution in [0.3, 0.4) is 0 Å². The summed E-state index contributed by atoms with van der Waals surface area (Å²) in [6, 6.07) is 12.4. The fourth-order valence-corrected chi connectivity index (χ4v) is 2.83. The first kappa shape index (κ1) is 19.8. The number of nitrogens with one attached hydrogen (secondary N) is 1. The van der Waals surface area contributed by atoms with Crippen LogP contribution in [0.4, 0.5) is 5.69 Å². The van der Waals surface area contributed by atoms with Crippen molar-refractivity contribution in [1.82, 2.24) is 0 Å². The Morgan fingerprint density at radius 2 is 2.08 bits per heavy atom. The van der Waals surface area contributed by atoms with Gasteiger partial charge < -0.3 is 10.1 Å². The van der Waals surface area contributed by atoms with Crippen LogP contribution >= 0.6 is 23.2 Å². The molecule has 26 heavy (non-hydrogen) atoms. The molecule has 0 aliphatic heterocycles. The number of hydrogen-bond acceptors (Lipinski definition) is 3. The van der Waals surface area contributed by atoms with Crippen molar-refractivity contribution in [2.45, 2.75) is 20.3 Å². The summed E-state index contributed by atoms with van der Waals surface area (Å²) >= 11 is 12.3. The van der Waals surface area contributed by atoms with Crippen LogP contribution in [0.2, 0.25) is 10.0 Å². The molecule has 0 aromatic heterocycles. The van der Waals surface area contributed by atoms with E-state index in [4.69, 9.17) is 27.9 Å². The molecule has 2 aromatic rings. The number of anilines is 1. The molecule has 0 aliphatic rings. The Morgan fingerprint density at radius 3 is 2.73 bits per heavy atom. The summed E-state index contributed by atoms with van der Waals surface area (Å²) in [5.41, 5.74) is 2.02. The van der Waals surface area contributed by atoms with Gasteiger partial charge in [-0.2, -0.15) is 5.26 Å². The summed E-state index contributed by atoms with van der Waals surface area (Å²) in [4.78, 5) is 12.4. The highest BCUT2D eigenvalue weighted by molar-refractivity contribution is 6.36. The first-order valence-electron chi connectivity index (χ1n) is 8.06. The van der Waals surface area contributed by atoms with E-state index in [1.165, 1.54) is 6.08 Å². The second-order valence-electron chi connectivity index (χ2n) is 5.65. The van der Waals surface area contributed by atoms with Gasteiger partial charge in [-0.1, -0.05) is 42.3 Å². The van der Waals surface area contributed by atoms with E-state index in [1.54, 1.807) is 18.2 Å². The predicted octanol–water partition coefficient (Wildman–Crippen LogP) is 5.64. The molecule has 1 N–H and O–H groups in total. The number of nitriles is 1. The third-order valence-corrected chi connectivity index (χ3v) is 3.93. The van der Waals surface area contributed by atoms with Crippen LogP contribution < -0.4 is 10.1 Å². The van der Waals surface area contributed by atoms with Gasteiger partial charge in [-0.15, -0.1) is 0 Å². The van der Waals surface area contributed by atoms with Crippen LogP contribution in [0.5, 0.6) is 5.75 Å². The van der Waals surface area contributed by atoms with Gasteiger partial charge >= 0.3 is 0 Å². The van der Waals surface area contributed by atoms with Crippen LogP contribution in [0.15, 0.2) is 42.0 Å². The minimum absolute atomic E-state index is 0.0776. The first-order valence-corrected chi connectivity index (χ1v) is 8.81. The Hall–Kier alpha value is -2.48. The minimum Gasteiger partial charge on any atom is -0.491 e. The van der Waals surface area contributed by atoms with Gasteiger partial charge in [0.2, 0.25) is 0 Å². The second kappa shape index (κ2) is 9.28. The number of hydrogen-bond donors (Lipinski definition) is 1. The zero-order chi connectivity index (χ0) is 19.1. The zero-order valence-corrected chi connectivity index (χ0v) is 16.0. The molecule has 0 heterocycles. The van der Waals surface area contributed by atoms with Crippen molar-refractivity contribution in [1.29, 1.82) is 5.26 Å². The molecule has 134 valence electrons. The third-order valence-electron chi connectivity index (χ3n) is 3.43. The van der Waals surface area contributed by atoms with E-state index in [9.17, 15) is 10.1 Å². The summed E-state index contributed by atoms with van der Waals surface area (Å²) in [5, 5.41) is 12.8. The smallest absolute Gasteiger partial charge is 0.266 e. The molecule has 0 radical (unpaired) electrons. The van der Waals surface area contributed by atoms with E-state index >= 15 is 0 Å². The van der Waals surface area contributed by atoms with E-state index in [0.717, 1.165) is 12.0 Å². The molecule has 0 spiro atoms. The second-order valence-corrected chi connectivity index (χ2v) is 6.49. The Balaban J connectivity index is 2.36. The number of aryl methyl sites for hydroxylation is 1. The van der Waals surface area contributed by atoms with Crippen LogP contribution in [0.1, 0.15) is 24.5 Å². The highest BCUT2D eigenvalue weighted by Gasteiger charge is 2.14. The topological polar surface area (TPSA) is 62.1 Å². The lowest BCUT2D eigenvalue weighted by Gasteiger charge is -2.12. The predicted molar refractivity (Wildman–Crippen MR) is 106 cm³/mol. The molecular formula is C20H18Cl2N2O2. The number of halogens is 2. The summed E-state index contributed by atoms with van der Waals surface area (Å²) < 4.78 is 5.65. The van der Waals surface area contributed by atoms with Crippen molar-refractivity contribution in [3.05, 3.63) is 63.1 Å². The SMILES string of the molecule is CCCOc1c(Cl)cc(Cl)cc1/C=C(\C#N)C(=O)Nc1cccc(C)c1. The highest BCUT2D eigenvalue weighted by Crippen LogP contribution is 2.34. The average molecular weight is 389 g/mol. The molecular weight excluding hydrogens is 371 g/mol. The molecule has 0 bridgehead atoms. The van der Waals surface area contributed by atoms with Crippen LogP contribution in [0.25, 0.3) is 6.08 Å². The lowest BCUT2D eigenvalue weighted by Crippen LogP contribution is -2.13. The van der Waals surface area contributed by atoms with Gasteiger partial charge in [-0.25, -0.2) is 0 Å². The number of rotatable bonds is 6. The van der Waals surface area contributed by atoms with Crippen molar-refractivity contribution in [2.75, 3.05) is 11.9 Å². The van der Waals surface area contributed by atoms with E-state index in [2.05, 4.69) is 5.32 Å². The van der Waals surface area contributed by atoms with E-state index in [0.29, 0.717) is 33.7 Å². The normalized spacial score (nSPS) is 11.0. The van der Waals surface area contributed by atoms with Crippen molar-refractivity contribution >= 4 is 40.9 Å². The summed E-state index contributed by atoms with van der Waals surface area (Å²) in [6.07, 6.45) is 2.22. The van der Waals surface area contributed by atoms with Crippen molar-refractivity contribution in [3.8, 4) is 11.8 Å². The maximum atomic E-state index is 12.4. The fraction of sp³-hybridized carbons (Fsp3) is 0.200. The van der Waals surface area contributed by atoms with E-state index < -0.39 is 5.91 Å².